The van der Waals surface area contributed by atoms with Crippen LogP contribution in [0.25, 0.3) is 0 Å². The highest BCUT2D eigenvalue weighted by molar-refractivity contribution is 5.39. The van der Waals surface area contributed by atoms with Crippen molar-refractivity contribution in [3.05, 3.63) is 47.8 Å². The molecule has 1 unspecified atom stereocenters. The lowest BCUT2D eigenvalue weighted by Crippen LogP contribution is -2.23. The van der Waals surface area contributed by atoms with Gasteiger partial charge in [-0.25, -0.2) is 0 Å². The summed E-state index contributed by atoms with van der Waals surface area (Å²) in [6, 6.07) is 7.29. The summed E-state index contributed by atoms with van der Waals surface area (Å²) in [5.74, 6) is -0.231. The molecule has 1 atom stereocenters. The summed E-state index contributed by atoms with van der Waals surface area (Å²) < 4.78 is 43.0. The highest BCUT2D eigenvalue weighted by atomic mass is 19.4. The second-order valence-electron chi connectivity index (χ2n) is 4.22. The average Bonchev–Trinajstić information content (AvgIpc) is 2.77. The zero-order chi connectivity index (χ0) is 14.8. The Morgan fingerprint density at radius 2 is 1.95 bits per heavy atom. The van der Waals surface area contributed by atoms with Gasteiger partial charge in [0, 0.05) is 18.8 Å². The van der Waals surface area contributed by atoms with Crippen LogP contribution in [0.15, 0.2) is 36.5 Å². The molecule has 0 saturated carbocycles. The van der Waals surface area contributed by atoms with Crippen LogP contribution in [-0.4, -0.2) is 23.2 Å². The van der Waals surface area contributed by atoms with Gasteiger partial charge in [-0.15, -0.1) is 13.2 Å². The quantitative estimate of drug-likeness (QED) is 0.938. The van der Waals surface area contributed by atoms with Crippen molar-refractivity contribution < 1.29 is 17.9 Å². The fraction of sp³-hybridized carbons (Fsp3) is 0.308. The average molecular weight is 285 g/mol. The Labute approximate surface area is 114 Å². The number of aromatic nitrogens is 2. The molecule has 20 heavy (non-hydrogen) atoms. The lowest BCUT2D eigenvalue weighted by molar-refractivity contribution is -0.275. The maximum Gasteiger partial charge on any atom is 0.573 e. The van der Waals surface area contributed by atoms with E-state index in [-0.39, 0.29) is 5.75 Å². The van der Waals surface area contributed by atoms with E-state index in [0.29, 0.717) is 11.3 Å². The van der Waals surface area contributed by atoms with Gasteiger partial charge < -0.3 is 10.1 Å². The van der Waals surface area contributed by atoms with Gasteiger partial charge in [0.05, 0.1) is 11.7 Å². The molecule has 2 aromatic rings. The molecule has 0 aliphatic carbocycles. The Balaban J connectivity index is 2.39. The van der Waals surface area contributed by atoms with Crippen LogP contribution in [0.1, 0.15) is 17.3 Å². The Kier molecular flexibility index (Phi) is 3.99. The first-order chi connectivity index (χ1) is 9.40. The number of aryl methyl sites for hydroxylation is 1. The summed E-state index contributed by atoms with van der Waals surface area (Å²) in [5, 5.41) is 7.16. The highest BCUT2D eigenvalue weighted by Gasteiger charge is 2.33. The molecule has 7 heteroatoms. The van der Waals surface area contributed by atoms with Gasteiger partial charge in [-0.3, -0.25) is 4.68 Å². The third-order valence-electron chi connectivity index (χ3n) is 2.77. The number of nitrogens with one attached hydrogen (secondary N) is 1. The van der Waals surface area contributed by atoms with Gasteiger partial charge >= 0.3 is 6.36 Å². The predicted molar refractivity (Wildman–Crippen MR) is 67.2 cm³/mol. The van der Waals surface area contributed by atoms with Crippen LogP contribution in [0.3, 0.4) is 0 Å². The Bertz CT molecular complexity index is 580. The summed E-state index contributed by atoms with van der Waals surface area (Å²) in [4.78, 5) is 0. The van der Waals surface area contributed by atoms with Crippen molar-refractivity contribution in [3.63, 3.8) is 0 Å². The van der Waals surface area contributed by atoms with E-state index >= 15 is 0 Å². The van der Waals surface area contributed by atoms with Gasteiger partial charge in [-0.05, 0) is 19.2 Å². The van der Waals surface area contributed by atoms with Crippen molar-refractivity contribution in [1.82, 2.24) is 15.1 Å². The van der Waals surface area contributed by atoms with Gasteiger partial charge in [0.2, 0.25) is 0 Å². The summed E-state index contributed by atoms with van der Waals surface area (Å²) >= 11 is 0. The van der Waals surface area contributed by atoms with E-state index in [1.807, 2.05) is 0 Å². The molecule has 0 spiro atoms. The molecule has 0 bridgehead atoms. The molecule has 108 valence electrons. The van der Waals surface area contributed by atoms with Crippen molar-refractivity contribution in [3.8, 4) is 5.75 Å². The van der Waals surface area contributed by atoms with Crippen LogP contribution in [0.2, 0.25) is 0 Å². The van der Waals surface area contributed by atoms with Crippen LogP contribution in [0.5, 0.6) is 5.75 Å². The Hall–Kier alpha value is -2.02. The lowest BCUT2D eigenvalue weighted by atomic mass is 10.0. The van der Waals surface area contributed by atoms with Gasteiger partial charge in [0.1, 0.15) is 5.75 Å². The molecule has 1 aromatic heterocycles. The molecule has 0 saturated heterocycles. The molecule has 1 N–H and O–H groups in total. The fourth-order valence-corrected chi connectivity index (χ4v) is 1.99. The number of ether oxygens (including phenoxy) is 1. The molecular weight excluding hydrogens is 271 g/mol. The first kappa shape index (κ1) is 14.4. The minimum Gasteiger partial charge on any atom is -0.405 e. The standard InChI is InChI=1S/C13H14F3N3O/c1-17-12(10-7-8-19(2)18-10)9-5-3-4-6-11(9)20-13(14,15)16/h3-8,12,17H,1-2H3. The van der Waals surface area contributed by atoms with Crippen LogP contribution < -0.4 is 10.1 Å². The molecule has 1 heterocycles. The van der Waals surface area contributed by atoms with Crippen molar-refractivity contribution >= 4 is 0 Å². The van der Waals surface area contributed by atoms with Gasteiger partial charge in [0.15, 0.2) is 0 Å². The van der Waals surface area contributed by atoms with E-state index in [0.717, 1.165) is 0 Å². The molecule has 1 aromatic carbocycles. The molecule has 0 aliphatic rings. The normalized spacial score (nSPS) is 13.2. The van der Waals surface area contributed by atoms with Crippen molar-refractivity contribution in [2.75, 3.05) is 7.05 Å². The number of alkyl halides is 3. The summed E-state index contributed by atoms with van der Waals surface area (Å²) in [7, 11) is 3.40. The predicted octanol–water partition coefficient (Wildman–Crippen LogP) is 2.63. The minimum absolute atomic E-state index is 0.231. The summed E-state index contributed by atoms with van der Waals surface area (Å²) in [5.41, 5.74) is 0.999. The van der Waals surface area contributed by atoms with Gasteiger partial charge in [-0.2, -0.15) is 5.10 Å². The monoisotopic (exact) mass is 285 g/mol. The van der Waals surface area contributed by atoms with E-state index in [9.17, 15) is 13.2 Å². The molecular formula is C13H14F3N3O. The smallest absolute Gasteiger partial charge is 0.405 e. The third-order valence-corrected chi connectivity index (χ3v) is 2.77. The Morgan fingerprint density at radius 1 is 1.25 bits per heavy atom. The molecule has 0 fully saturated rings. The fourth-order valence-electron chi connectivity index (χ4n) is 1.99. The second kappa shape index (κ2) is 5.54. The highest BCUT2D eigenvalue weighted by Crippen LogP contribution is 2.32. The molecule has 0 aliphatic heterocycles. The SMILES string of the molecule is CNC(c1ccn(C)n1)c1ccccc1OC(F)(F)F. The topological polar surface area (TPSA) is 39.1 Å². The van der Waals surface area contributed by atoms with E-state index in [1.54, 1.807) is 43.2 Å². The minimum atomic E-state index is -4.72. The largest absolute Gasteiger partial charge is 0.573 e. The van der Waals surface area contributed by atoms with Crippen LogP contribution in [-0.2, 0) is 7.05 Å². The van der Waals surface area contributed by atoms with E-state index in [4.69, 9.17) is 0 Å². The third kappa shape index (κ3) is 3.30. The van der Waals surface area contributed by atoms with Gasteiger partial charge in [0.25, 0.3) is 0 Å². The number of rotatable bonds is 4. The van der Waals surface area contributed by atoms with Crippen LogP contribution >= 0.6 is 0 Å². The Morgan fingerprint density at radius 3 is 2.50 bits per heavy atom. The van der Waals surface area contributed by atoms with E-state index in [2.05, 4.69) is 15.2 Å². The zero-order valence-electron chi connectivity index (χ0n) is 11.0. The van der Waals surface area contributed by atoms with Crippen molar-refractivity contribution in [2.45, 2.75) is 12.4 Å². The van der Waals surface area contributed by atoms with Crippen molar-refractivity contribution in [2.24, 2.45) is 7.05 Å². The second-order valence-corrected chi connectivity index (χ2v) is 4.22. The molecule has 2 rings (SSSR count). The first-order valence-electron chi connectivity index (χ1n) is 5.92. The van der Waals surface area contributed by atoms with E-state index in [1.165, 1.54) is 12.1 Å². The number of para-hydroxylation sites is 1. The summed E-state index contributed by atoms with van der Waals surface area (Å²) in [6.07, 6.45) is -2.99. The number of nitrogens with zero attached hydrogens (tertiary/aromatic N) is 2. The first-order valence-corrected chi connectivity index (χ1v) is 5.92. The summed E-state index contributed by atoms with van der Waals surface area (Å²) in [6.45, 7) is 0. The number of hydrogen-bond acceptors (Lipinski definition) is 3. The maximum atomic E-state index is 12.4. The molecule has 0 radical (unpaired) electrons. The lowest BCUT2D eigenvalue weighted by Gasteiger charge is -2.19. The molecule has 4 nitrogen and oxygen atoms in total. The zero-order valence-corrected chi connectivity index (χ0v) is 11.0. The van der Waals surface area contributed by atoms with Crippen molar-refractivity contribution in [1.29, 1.82) is 0 Å². The van der Waals surface area contributed by atoms with Gasteiger partial charge in [-0.1, -0.05) is 18.2 Å². The van der Waals surface area contributed by atoms with Crippen LogP contribution in [0.4, 0.5) is 13.2 Å². The number of benzene rings is 1. The maximum absolute atomic E-state index is 12.4. The molecule has 0 amide bonds. The van der Waals surface area contributed by atoms with Crippen LogP contribution in [0, 0.1) is 0 Å². The number of halogens is 3. The number of hydrogen-bond donors (Lipinski definition) is 1. The van der Waals surface area contributed by atoms with E-state index < -0.39 is 12.4 Å².